The van der Waals surface area contributed by atoms with Gasteiger partial charge in [0.15, 0.2) is 0 Å². The second kappa shape index (κ2) is 5.32. The van der Waals surface area contributed by atoms with E-state index in [2.05, 4.69) is 31.3 Å². The summed E-state index contributed by atoms with van der Waals surface area (Å²) in [4.78, 5) is 14.1. The second-order valence-electron chi connectivity index (χ2n) is 4.86. The third kappa shape index (κ3) is 3.30. The van der Waals surface area contributed by atoms with Crippen LogP contribution in [0.15, 0.2) is 24.3 Å². The molecule has 0 radical (unpaired) electrons. The van der Waals surface area contributed by atoms with Crippen molar-refractivity contribution in [3.05, 3.63) is 35.4 Å². The van der Waals surface area contributed by atoms with Crippen molar-refractivity contribution in [2.24, 2.45) is 0 Å². The van der Waals surface area contributed by atoms with Gasteiger partial charge in [-0.05, 0) is 19.4 Å². The van der Waals surface area contributed by atoms with Crippen molar-refractivity contribution in [3.63, 3.8) is 0 Å². The first-order valence-corrected chi connectivity index (χ1v) is 6.22. The van der Waals surface area contributed by atoms with Crippen LogP contribution in [0.25, 0.3) is 0 Å². The zero-order valence-corrected chi connectivity index (χ0v) is 10.6. The first-order valence-electron chi connectivity index (χ1n) is 6.22. The summed E-state index contributed by atoms with van der Waals surface area (Å²) in [6, 6.07) is 8.59. The third-order valence-corrected chi connectivity index (χ3v) is 3.16. The van der Waals surface area contributed by atoms with Gasteiger partial charge in [-0.1, -0.05) is 29.8 Å². The molecule has 3 heteroatoms. The minimum atomic E-state index is 0.240. The van der Waals surface area contributed by atoms with Gasteiger partial charge in [-0.2, -0.15) is 0 Å². The molecule has 1 aromatic carbocycles. The summed E-state index contributed by atoms with van der Waals surface area (Å²) < 4.78 is 0. The smallest absolute Gasteiger partial charge is 0.227 e. The minimum Gasteiger partial charge on any atom is -0.340 e. The van der Waals surface area contributed by atoms with Gasteiger partial charge in [0.2, 0.25) is 5.91 Å². The average molecular weight is 232 g/mol. The number of aryl methyl sites for hydroxylation is 1. The predicted molar refractivity (Wildman–Crippen MR) is 68.9 cm³/mol. The average Bonchev–Trinajstić information content (AvgIpc) is 2.29. The quantitative estimate of drug-likeness (QED) is 0.835. The molecule has 0 saturated carbocycles. The molecule has 1 amide bonds. The van der Waals surface area contributed by atoms with Crippen molar-refractivity contribution in [1.82, 2.24) is 10.2 Å². The molecule has 0 aliphatic carbocycles. The number of nitrogens with one attached hydrogen (secondary N) is 1. The first kappa shape index (κ1) is 12.1. The van der Waals surface area contributed by atoms with E-state index in [1.165, 1.54) is 5.56 Å². The molecule has 17 heavy (non-hydrogen) atoms. The molecule has 1 aromatic rings. The Balaban J connectivity index is 1.96. The maximum absolute atomic E-state index is 12.1. The summed E-state index contributed by atoms with van der Waals surface area (Å²) in [5.74, 6) is 0.240. The van der Waals surface area contributed by atoms with Gasteiger partial charge in [-0.25, -0.2) is 0 Å². The summed E-state index contributed by atoms with van der Waals surface area (Å²) in [5.41, 5.74) is 2.32. The Morgan fingerprint density at radius 2 is 2.35 bits per heavy atom. The Kier molecular flexibility index (Phi) is 3.79. The molecule has 0 spiro atoms. The molecule has 2 rings (SSSR count). The first-order chi connectivity index (χ1) is 8.15. The number of carbonyl (C=O) groups excluding carboxylic acids is 1. The fourth-order valence-electron chi connectivity index (χ4n) is 2.27. The van der Waals surface area contributed by atoms with E-state index in [0.29, 0.717) is 12.5 Å². The number of hydrogen-bond acceptors (Lipinski definition) is 2. The summed E-state index contributed by atoms with van der Waals surface area (Å²) >= 11 is 0. The van der Waals surface area contributed by atoms with E-state index in [9.17, 15) is 4.79 Å². The van der Waals surface area contributed by atoms with Gasteiger partial charge in [0.25, 0.3) is 0 Å². The highest BCUT2D eigenvalue weighted by molar-refractivity contribution is 5.79. The van der Waals surface area contributed by atoms with Crippen molar-refractivity contribution in [2.75, 3.05) is 19.6 Å². The maximum atomic E-state index is 12.1. The molecule has 1 fully saturated rings. The van der Waals surface area contributed by atoms with Crippen LogP contribution < -0.4 is 5.32 Å². The highest BCUT2D eigenvalue weighted by atomic mass is 16.2. The third-order valence-electron chi connectivity index (χ3n) is 3.16. The molecule has 92 valence electrons. The Hall–Kier alpha value is -1.35. The van der Waals surface area contributed by atoms with Crippen LogP contribution >= 0.6 is 0 Å². The predicted octanol–water partition coefficient (Wildman–Crippen LogP) is 1.36. The molecule has 0 aromatic heterocycles. The highest BCUT2D eigenvalue weighted by Gasteiger charge is 2.20. The van der Waals surface area contributed by atoms with E-state index >= 15 is 0 Å². The summed E-state index contributed by atoms with van der Waals surface area (Å²) in [5, 5.41) is 3.35. The molecule has 1 aliphatic heterocycles. The van der Waals surface area contributed by atoms with Crippen LogP contribution in [-0.4, -0.2) is 36.5 Å². The number of rotatable bonds is 2. The van der Waals surface area contributed by atoms with Crippen LogP contribution in [0.1, 0.15) is 18.1 Å². The van der Waals surface area contributed by atoms with Crippen LogP contribution in [0, 0.1) is 6.92 Å². The lowest BCUT2D eigenvalue weighted by molar-refractivity contribution is -0.131. The van der Waals surface area contributed by atoms with Crippen molar-refractivity contribution in [3.8, 4) is 0 Å². The van der Waals surface area contributed by atoms with Crippen LogP contribution in [0.5, 0.6) is 0 Å². The SMILES string of the molecule is Cc1cccc(CC(=O)N2CCNC(C)C2)c1. The molecule has 1 saturated heterocycles. The lowest BCUT2D eigenvalue weighted by atomic mass is 10.1. The molecule has 3 nitrogen and oxygen atoms in total. The lowest BCUT2D eigenvalue weighted by Gasteiger charge is -2.32. The van der Waals surface area contributed by atoms with Crippen molar-refractivity contribution >= 4 is 5.91 Å². The largest absolute Gasteiger partial charge is 0.340 e. The van der Waals surface area contributed by atoms with Crippen molar-refractivity contribution < 1.29 is 4.79 Å². The highest BCUT2D eigenvalue weighted by Crippen LogP contribution is 2.08. The molecule has 1 unspecified atom stereocenters. The standard InChI is InChI=1S/C14H20N2O/c1-11-4-3-5-13(8-11)9-14(17)16-7-6-15-12(2)10-16/h3-5,8,12,15H,6-7,9-10H2,1-2H3. The van der Waals surface area contributed by atoms with Crippen LogP contribution in [0.3, 0.4) is 0 Å². The zero-order chi connectivity index (χ0) is 12.3. The molecule has 1 aliphatic rings. The Morgan fingerprint density at radius 3 is 3.06 bits per heavy atom. The van der Waals surface area contributed by atoms with E-state index in [-0.39, 0.29) is 5.91 Å². The molecule has 1 atom stereocenters. The topological polar surface area (TPSA) is 32.3 Å². The summed E-state index contributed by atoms with van der Waals surface area (Å²) in [6.07, 6.45) is 0.522. The van der Waals surface area contributed by atoms with E-state index in [1.54, 1.807) is 0 Å². The zero-order valence-electron chi connectivity index (χ0n) is 10.6. The minimum absolute atomic E-state index is 0.240. The van der Waals surface area contributed by atoms with Gasteiger partial charge >= 0.3 is 0 Å². The van der Waals surface area contributed by atoms with Crippen molar-refractivity contribution in [2.45, 2.75) is 26.3 Å². The monoisotopic (exact) mass is 232 g/mol. The van der Waals surface area contributed by atoms with E-state index in [1.807, 2.05) is 17.0 Å². The van der Waals surface area contributed by atoms with E-state index in [4.69, 9.17) is 0 Å². The molecule has 1 heterocycles. The number of benzene rings is 1. The van der Waals surface area contributed by atoms with E-state index < -0.39 is 0 Å². The summed E-state index contributed by atoms with van der Waals surface area (Å²) in [6.45, 7) is 6.73. The van der Waals surface area contributed by atoms with Gasteiger partial charge < -0.3 is 10.2 Å². The molecule has 1 N–H and O–H groups in total. The second-order valence-corrected chi connectivity index (χ2v) is 4.86. The number of nitrogens with zero attached hydrogens (tertiary/aromatic N) is 1. The van der Waals surface area contributed by atoms with E-state index in [0.717, 1.165) is 25.2 Å². The van der Waals surface area contributed by atoms with Gasteiger partial charge in [0.05, 0.1) is 6.42 Å². The van der Waals surface area contributed by atoms with Gasteiger partial charge in [0.1, 0.15) is 0 Å². The van der Waals surface area contributed by atoms with Crippen LogP contribution in [-0.2, 0) is 11.2 Å². The summed E-state index contributed by atoms with van der Waals surface area (Å²) in [7, 11) is 0. The fourth-order valence-corrected chi connectivity index (χ4v) is 2.27. The number of carbonyl (C=O) groups is 1. The molecular formula is C14H20N2O. The van der Waals surface area contributed by atoms with Crippen LogP contribution in [0.2, 0.25) is 0 Å². The van der Waals surface area contributed by atoms with Gasteiger partial charge in [0, 0.05) is 25.7 Å². The lowest BCUT2D eigenvalue weighted by Crippen LogP contribution is -2.51. The molecular weight excluding hydrogens is 212 g/mol. The molecule has 0 bridgehead atoms. The Morgan fingerprint density at radius 1 is 1.53 bits per heavy atom. The van der Waals surface area contributed by atoms with Crippen molar-refractivity contribution in [1.29, 1.82) is 0 Å². The fraction of sp³-hybridized carbons (Fsp3) is 0.500. The normalized spacial score (nSPS) is 20.4. The number of amides is 1. The number of hydrogen-bond donors (Lipinski definition) is 1. The van der Waals surface area contributed by atoms with Crippen LogP contribution in [0.4, 0.5) is 0 Å². The number of piperazine rings is 1. The Labute approximate surface area is 103 Å². The van der Waals surface area contributed by atoms with Gasteiger partial charge in [-0.3, -0.25) is 4.79 Å². The Bertz CT molecular complexity index is 403. The van der Waals surface area contributed by atoms with Gasteiger partial charge in [-0.15, -0.1) is 0 Å². The maximum Gasteiger partial charge on any atom is 0.227 e.